The number of aliphatic hydroxyl groups is 1. The first-order valence-corrected chi connectivity index (χ1v) is 4.93. The lowest BCUT2D eigenvalue weighted by Gasteiger charge is -2.07. The van der Waals surface area contributed by atoms with E-state index in [1.54, 1.807) is 6.08 Å². The highest BCUT2D eigenvalue weighted by atomic mass is 16.3. The van der Waals surface area contributed by atoms with Crippen LogP contribution < -0.4 is 0 Å². The van der Waals surface area contributed by atoms with Crippen molar-refractivity contribution in [1.29, 1.82) is 0 Å². The molecule has 0 aromatic rings. The number of unbranched alkanes of at least 4 members (excludes halogenated alkanes) is 2. The molecule has 1 heteroatoms. The standard InChI is InChI=1S/C12H20O/c1-4-7-8-9-11(5-2)10-12(13)6-3/h6,12-13H,2-4,7-10H2,1H3/t12-/m0/s1. The summed E-state index contributed by atoms with van der Waals surface area (Å²) < 4.78 is 0. The molecule has 0 heterocycles. The Morgan fingerprint density at radius 3 is 2.69 bits per heavy atom. The van der Waals surface area contributed by atoms with Gasteiger partial charge in [-0.2, -0.15) is 0 Å². The molecular formula is C12H20O. The molecule has 0 rings (SSSR count). The molecule has 0 aromatic heterocycles. The van der Waals surface area contributed by atoms with Gasteiger partial charge < -0.3 is 5.11 Å². The molecule has 0 aliphatic heterocycles. The van der Waals surface area contributed by atoms with Gasteiger partial charge in [0.05, 0.1) is 6.10 Å². The molecule has 0 amide bonds. The molecule has 1 N–H and O–H groups in total. The van der Waals surface area contributed by atoms with Crippen LogP contribution >= 0.6 is 0 Å². The summed E-state index contributed by atoms with van der Waals surface area (Å²) in [6.45, 7) is 9.33. The van der Waals surface area contributed by atoms with E-state index in [4.69, 9.17) is 0 Å². The smallest absolute Gasteiger partial charge is 0.0761 e. The first-order chi connectivity index (χ1) is 6.24. The zero-order chi connectivity index (χ0) is 10.1. The molecule has 0 bridgehead atoms. The average molecular weight is 180 g/mol. The third-order valence-electron chi connectivity index (χ3n) is 2.06. The van der Waals surface area contributed by atoms with Gasteiger partial charge >= 0.3 is 0 Å². The normalized spacial score (nSPS) is 11.8. The van der Waals surface area contributed by atoms with Gasteiger partial charge in [-0.15, -0.1) is 12.3 Å². The van der Waals surface area contributed by atoms with Gasteiger partial charge in [-0.05, 0) is 18.4 Å². The molecule has 0 unspecified atom stereocenters. The maximum atomic E-state index is 9.31. The van der Waals surface area contributed by atoms with Crippen LogP contribution in [-0.4, -0.2) is 11.2 Å². The minimum Gasteiger partial charge on any atom is -0.389 e. The van der Waals surface area contributed by atoms with Crippen molar-refractivity contribution in [1.82, 2.24) is 0 Å². The van der Waals surface area contributed by atoms with Crippen molar-refractivity contribution in [2.75, 3.05) is 0 Å². The van der Waals surface area contributed by atoms with E-state index in [0.717, 1.165) is 18.4 Å². The Morgan fingerprint density at radius 2 is 2.23 bits per heavy atom. The van der Waals surface area contributed by atoms with Crippen LogP contribution in [-0.2, 0) is 0 Å². The minimum absolute atomic E-state index is 0.439. The quantitative estimate of drug-likeness (QED) is 0.362. The van der Waals surface area contributed by atoms with Crippen LogP contribution in [0.2, 0.25) is 0 Å². The van der Waals surface area contributed by atoms with Crippen LogP contribution in [0.3, 0.4) is 0 Å². The Kier molecular flexibility index (Phi) is 7.38. The molecule has 0 fully saturated rings. The third kappa shape index (κ3) is 6.39. The highest BCUT2D eigenvalue weighted by molar-refractivity contribution is 5.03. The number of hydrogen-bond acceptors (Lipinski definition) is 1. The highest BCUT2D eigenvalue weighted by Gasteiger charge is 2.02. The summed E-state index contributed by atoms with van der Waals surface area (Å²) in [5, 5.41) is 9.31. The maximum Gasteiger partial charge on any atom is 0.0761 e. The fraction of sp³-hybridized carbons (Fsp3) is 0.583. The van der Waals surface area contributed by atoms with Crippen LogP contribution in [0, 0.1) is 0 Å². The lowest BCUT2D eigenvalue weighted by molar-refractivity contribution is 0.222. The lowest BCUT2D eigenvalue weighted by Crippen LogP contribution is -2.02. The van der Waals surface area contributed by atoms with Gasteiger partial charge in [0.15, 0.2) is 0 Å². The van der Waals surface area contributed by atoms with Gasteiger partial charge in [0.1, 0.15) is 0 Å². The van der Waals surface area contributed by atoms with E-state index in [1.807, 2.05) is 0 Å². The number of rotatable bonds is 7. The molecule has 0 aliphatic rings. The molecule has 0 radical (unpaired) electrons. The van der Waals surface area contributed by atoms with E-state index in [-0.39, 0.29) is 0 Å². The Labute approximate surface area is 81.5 Å². The van der Waals surface area contributed by atoms with Crippen LogP contribution in [0.25, 0.3) is 0 Å². The Morgan fingerprint density at radius 1 is 1.54 bits per heavy atom. The zero-order valence-corrected chi connectivity index (χ0v) is 8.55. The third-order valence-corrected chi connectivity index (χ3v) is 2.06. The molecule has 13 heavy (non-hydrogen) atoms. The van der Waals surface area contributed by atoms with Crippen molar-refractivity contribution >= 4 is 0 Å². The monoisotopic (exact) mass is 180 g/mol. The summed E-state index contributed by atoms with van der Waals surface area (Å²) >= 11 is 0. The minimum atomic E-state index is -0.439. The number of hydrogen-bond donors (Lipinski definition) is 1. The van der Waals surface area contributed by atoms with Gasteiger partial charge in [-0.3, -0.25) is 0 Å². The fourth-order valence-corrected chi connectivity index (χ4v) is 1.19. The summed E-state index contributed by atoms with van der Waals surface area (Å²) in [6.07, 6.45) is 6.36. The highest BCUT2D eigenvalue weighted by Crippen LogP contribution is 2.13. The Hall–Kier alpha value is -0.780. The van der Waals surface area contributed by atoms with Crippen molar-refractivity contribution in [3.8, 4) is 0 Å². The summed E-state index contributed by atoms with van der Waals surface area (Å²) in [7, 11) is 0. The summed E-state index contributed by atoms with van der Waals surface area (Å²) in [5.41, 5.74) is 4.00. The zero-order valence-electron chi connectivity index (χ0n) is 8.55. The predicted octanol–water partition coefficient (Wildman–Crippen LogP) is 3.22. The molecule has 0 aliphatic carbocycles. The number of aliphatic hydroxyl groups excluding tert-OH is 1. The van der Waals surface area contributed by atoms with Crippen molar-refractivity contribution < 1.29 is 5.11 Å². The second-order valence-corrected chi connectivity index (χ2v) is 3.24. The average Bonchev–Trinajstić information content (AvgIpc) is 2.16. The van der Waals surface area contributed by atoms with Crippen molar-refractivity contribution in [3.63, 3.8) is 0 Å². The van der Waals surface area contributed by atoms with E-state index in [9.17, 15) is 5.11 Å². The topological polar surface area (TPSA) is 20.2 Å². The summed E-state index contributed by atoms with van der Waals surface area (Å²) in [6, 6.07) is 0. The summed E-state index contributed by atoms with van der Waals surface area (Å²) in [4.78, 5) is 0. The first kappa shape index (κ1) is 12.2. The molecule has 0 saturated heterocycles. The first-order valence-electron chi connectivity index (χ1n) is 4.93. The fourth-order valence-electron chi connectivity index (χ4n) is 1.19. The molecule has 1 nitrogen and oxygen atoms in total. The maximum absolute atomic E-state index is 9.31. The van der Waals surface area contributed by atoms with Gasteiger partial charge in [-0.1, -0.05) is 32.4 Å². The van der Waals surface area contributed by atoms with Crippen LogP contribution in [0.15, 0.2) is 30.5 Å². The molecule has 74 valence electrons. The summed E-state index contributed by atoms with van der Waals surface area (Å²) in [5.74, 6) is 0. The predicted molar refractivity (Wildman–Crippen MR) is 57.6 cm³/mol. The Balaban J connectivity index is 3.78. The van der Waals surface area contributed by atoms with E-state index in [1.165, 1.54) is 12.8 Å². The van der Waals surface area contributed by atoms with Crippen molar-refractivity contribution in [2.45, 2.75) is 45.1 Å². The molecule has 0 saturated carbocycles. The van der Waals surface area contributed by atoms with Crippen LogP contribution in [0.4, 0.5) is 0 Å². The Bertz CT molecular complexity index is 187. The SMILES string of the molecule is C=C=C(CCCCC)C[C@@H](O)C=C. The van der Waals surface area contributed by atoms with Crippen LogP contribution in [0.1, 0.15) is 39.0 Å². The van der Waals surface area contributed by atoms with Gasteiger partial charge in [-0.25, -0.2) is 0 Å². The van der Waals surface area contributed by atoms with E-state index in [2.05, 4.69) is 25.8 Å². The molecule has 0 spiro atoms. The van der Waals surface area contributed by atoms with Crippen molar-refractivity contribution in [2.24, 2.45) is 0 Å². The van der Waals surface area contributed by atoms with E-state index < -0.39 is 6.10 Å². The molecular weight excluding hydrogens is 160 g/mol. The van der Waals surface area contributed by atoms with Gasteiger partial charge in [0.2, 0.25) is 0 Å². The van der Waals surface area contributed by atoms with Crippen LogP contribution in [0.5, 0.6) is 0 Å². The second-order valence-electron chi connectivity index (χ2n) is 3.24. The molecule has 1 atom stereocenters. The van der Waals surface area contributed by atoms with Gasteiger partial charge in [0.25, 0.3) is 0 Å². The molecule has 0 aromatic carbocycles. The van der Waals surface area contributed by atoms with Crippen molar-refractivity contribution in [3.05, 3.63) is 30.5 Å². The largest absolute Gasteiger partial charge is 0.389 e. The lowest BCUT2D eigenvalue weighted by atomic mass is 10.0. The van der Waals surface area contributed by atoms with Gasteiger partial charge in [0, 0.05) is 6.42 Å². The second kappa shape index (κ2) is 7.85. The van der Waals surface area contributed by atoms with E-state index >= 15 is 0 Å². The van der Waals surface area contributed by atoms with E-state index in [0.29, 0.717) is 6.42 Å².